The molecule has 0 saturated heterocycles. The number of rotatable bonds is 6. The van der Waals surface area contributed by atoms with Gasteiger partial charge in [-0.3, -0.25) is 0 Å². The molecule has 1 heterocycles. The molecule has 0 amide bonds. The Bertz CT molecular complexity index is 525. The molecule has 2 unspecified atom stereocenters. The van der Waals surface area contributed by atoms with Crippen LogP contribution in [0.1, 0.15) is 32.8 Å². The van der Waals surface area contributed by atoms with E-state index in [2.05, 4.69) is 28.9 Å². The number of aromatic nitrogens is 1. The van der Waals surface area contributed by atoms with E-state index in [0.717, 1.165) is 12.0 Å². The largest absolute Gasteiger partial charge is 0.310 e. The van der Waals surface area contributed by atoms with Gasteiger partial charge in [-0.1, -0.05) is 26.8 Å². The molecule has 6 heteroatoms. The molecule has 0 spiro atoms. The number of nitrogens with zero attached hydrogens (tertiary/aromatic N) is 1. The van der Waals surface area contributed by atoms with E-state index in [-0.39, 0.29) is 11.1 Å². The van der Waals surface area contributed by atoms with Gasteiger partial charge >= 0.3 is 0 Å². The van der Waals surface area contributed by atoms with Gasteiger partial charge in [-0.15, -0.1) is 0 Å². The van der Waals surface area contributed by atoms with Crippen LogP contribution in [0.15, 0.2) is 23.4 Å². The van der Waals surface area contributed by atoms with Gasteiger partial charge in [0.25, 0.3) is 10.0 Å². The average Bonchev–Trinajstić information content (AvgIpc) is 3.02. The van der Waals surface area contributed by atoms with Gasteiger partial charge in [0.05, 0.1) is 0 Å². The molecule has 2 N–H and O–H groups in total. The Morgan fingerprint density at radius 3 is 2.58 bits per heavy atom. The maximum Gasteiger partial charge on any atom is 0.258 e. The van der Waals surface area contributed by atoms with Gasteiger partial charge < -0.3 is 5.32 Å². The Kier molecular flexibility index (Phi) is 4.23. The molecule has 2 rings (SSSR count). The molecule has 0 bridgehead atoms. The standard InChI is InChI=1S/C13H21N3O2S/c1-9(2)14-7-11-4-5-13(15-8-11)19(17,18)16-12-6-10(12)3/h4-5,8-10,12,14,16H,6-7H2,1-3H3. The predicted octanol–water partition coefficient (Wildman–Crippen LogP) is 1.27. The molecule has 2 atom stereocenters. The Morgan fingerprint density at radius 1 is 1.42 bits per heavy atom. The highest BCUT2D eigenvalue weighted by molar-refractivity contribution is 7.89. The van der Waals surface area contributed by atoms with Crippen LogP contribution in [0.4, 0.5) is 0 Å². The van der Waals surface area contributed by atoms with Gasteiger partial charge in [-0.25, -0.2) is 18.1 Å². The lowest BCUT2D eigenvalue weighted by Gasteiger charge is -2.09. The summed E-state index contributed by atoms with van der Waals surface area (Å²) in [7, 11) is -3.46. The number of sulfonamides is 1. The molecule has 1 aliphatic carbocycles. The molecular formula is C13H21N3O2S. The highest BCUT2D eigenvalue weighted by atomic mass is 32.2. The van der Waals surface area contributed by atoms with Crippen LogP contribution >= 0.6 is 0 Å². The number of nitrogens with one attached hydrogen (secondary N) is 2. The summed E-state index contributed by atoms with van der Waals surface area (Å²) in [6.07, 6.45) is 2.52. The number of hydrogen-bond donors (Lipinski definition) is 2. The van der Waals surface area contributed by atoms with Crippen LogP contribution in [0.3, 0.4) is 0 Å². The van der Waals surface area contributed by atoms with Crippen molar-refractivity contribution >= 4 is 10.0 Å². The summed E-state index contributed by atoms with van der Waals surface area (Å²) in [4.78, 5) is 4.04. The Hall–Kier alpha value is -0.980. The predicted molar refractivity (Wildman–Crippen MR) is 74.1 cm³/mol. The molecule has 106 valence electrons. The van der Waals surface area contributed by atoms with Crippen LogP contribution in [0.2, 0.25) is 0 Å². The van der Waals surface area contributed by atoms with E-state index in [1.165, 1.54) is 0 Å². The van der Waals surface area contributed by atoms with E-state index in [0.29, 0.717) is 18.5 Å². The minimum atomic E-state index is -3.46. The summed E-state index contributed by atoms with van der Waals surface area (Å²) in [5.74, 6) is 0.435. The van der Waals surface area contributed by atoms with Gasteiger partial charge in [0, 0.05) is 24.8 Å². The molecule has 5 nitrogen and oxygen atoms in total. The van der Waals surface area contributed by atoms with E-state index < -0.39 is 10.0 Å². The summed E-state index contributed by atoms with van der Waals surface area (Å²) in [5, 5.41) is 3.36. The molecule has 1 aromatic rings. The van der Waals surface area contributed by atoms with Crippen molar-refractivity contribution in [3.8, 4) is 0 Å². The summed E-state index contributed by atoms with van der Waals surface area (Å²) in [6.45, 7) is 6.85. The lowest BCUT2D eigenvalue weighted by molar-refractivity contribution is 0.572. The van der Waals surface area contributed by atoms with Crippen LogP contribution in [0, 0.1) is 5.92 Å². The zero-order valence-corrected chi connectivity index (χ0v) is 12.4. The van der Waals surface area contributed by atoms with Gasteiger partial charge in [0.15, 0.2) is 5.03 Å². The van der Waals surface area contributed by atoms with Gasteiger partial charge in [0.1, 0.15) is 0 Å². The molecule has 0 aliphatic heterocycles. The lowest BCUT2D eigenvalue weighted by atomic mass is 10.2. The first-order valence-corrected chi connectivity index (χ1v) is 8.07. The molecule has 19 heavy (non-hydrogen) atoms. The van der Waals surface area contributed by atoms with Crippen molar-refractivity contribution in [2.45, 2.75) is 50.8 Å². The molecule has 1 fully saturated rings. The Balaban J connectivity index is 2.01. The maximum absolute atomic E-state index is 12.0. The Morgan fingerprint density at radius 2 is 2.11 bits per heavy atom. The fraction of sp³-hybridized carbons (Fsp3) is 0.615. The van der Waals surface area contributed by atoms with Crippen molar-refractivity contribution in [3.63, 3.8) is 0 Å². The monoisotopic (exact) mass is 283 g/mol. The minimum absolute atomic E-state index is 0.0779. The number of pyridine rings is 1. The first-order chi connectivity index (χ1) is 8.88. The fourth-order valence-corrected chi connectivity index (χ4v) is 3.03. The quantitative estimate of drug-likeness (QED) is 0.824. The second-order valence-corrected chi connectivity index (χ2v) is 7.14. The molecular weight excluding hydrogens is 262 g/mol. The average molecular weight is 283 g/mol. The third-order valence-electron chi connectivity index (χ3n) is 3.20. The zero-order chi connectivity index (χ0) is 14.0. The third-order valence-corrected chi connectivity index (χ3v) is 4.61. The zero-order valence-electron chi connectivity index (χ0n) is 11.6. The van der Waals surface area contributed by atoms with Crippen molar-refractivity contribution in [2.75, 3.05) is 0 Å². The van der Waals surface area contributed by atoms with E-state index in [1.54, 1.807) is 18.3 Å². The SMILES string of the molecule is CC(C)NCc1ccc(S(=O)(=O)NC2CC2C)nc1. The van der Waals surface area contributed by atoms with Crippen LogP contribution < -0.4 is 10.0 Å². The van der Waals surface area contributed by atoms with Crippen LogP contribution in [0.25, 0.3) is 0 Å². The van der Waals surface area contributed by atoms with E-state index in [4.69, 9.17) is 0 Å². The van der Waals surface area contributed by atoms with Crippen LogP contribution in [0.5, 0.6) is 0 Å². The first kappa shape index (κ1) is 14.4. The van der Waals surface area contributed by atoms with Crippen molar-refractivity contribution in [3.05, 3.63) is 23.9 Å². The molecule has 1 aliphatic rings. The van der Waals surface area contributed by atoms with Gasteiger partial charge in [-0.05, 0) is 24.0 Å². The fourth-order valence-electron chi connectivity index (χ4n) is 1.74. The minimum Gasteiger partial charge on any atom is -0.310 e. The van der Waals surface area contributed by atoms with E-state index in [1.807, 2.05) is 6.92 Å². The molecule has 1 saturated carbocycles. The summed E-state index contributed by atoms with van der Waals surface area (Å²) < 4.78 is 26.7. The second-order valence-electron chi connectivity index (χ2n) is 5.48. The lowest BCUT2D eigenvalue weighted by Crippen LogP contribution is -2.27. The van der Waals surface area contributed by atoms with Gasteiger partial charge in [0.2, 0.25) is 0 Å². The van der Waals surface area contributed by atoms with Gasteiger partial charge in [-0.2, -0.15) is 0 Å². The molecule has 0 radical (unpaired) electrons. The van der Waals surface area contributed by atoms with Crippen molar-refractivity contribution in [1.82, 2.24) is 15.0 Å². The van der Waals surface area contributed by atoms with Crippen molar-refractivity contribution in [2.24, 2.45) is 5.92 Å². The normalized spacial score (nSPS) is 22.7. The summed E-state index contributed by atoms with van der Waals surface area (Å²) in [5.41, 5.74) is 0.979. The van der Waals surface area contributed by atoms with E-state index in [9.17, 15) is 8.42 Å². The summed E-state index contributed by atoms with van der Waals surface area (Å²) in [6, 6.07) is 3.83. The summed E-state index contributed by atoms with van der Waals surface area (Å²) >= 11 is 0. The van der Waals surface area contributed by atoms with Crippen molar-refractivity contribution < 1.29 is 8.42 Å². The number of hydrogen-bond acceptors (Lipinski definition) is 4. The first-order valence-electron chi connectivity index (χ1n) is 6.59. The Labute approximate surface area is 114 Å². The molecule has 1 aromatic heterocycles. The van der Waals surface area contributed by atoms with Crippen LogP contribution in [-0.2, 0) is 16.6 Å². The third kappa shape index (κ3) is 3.99. The van der Waals surface area contributed by atoms with Crippen molar-refractivity contribution in [1.29, 1.82) is 0 Å². The second kappa shape index (κ2) is 5.56. The highest BCUT2D eigenvalue weighted by Crippen LogP contribution is 2.30. The molecule has 0 aromatic carbocycles. The topological polar surface area (TPSA) is 71.1 Å². The van der Waals surface area contributed by atoms with Crippen LogP contribution in [-0.4, -0.2) is 25.5 Å². The highest BCUT2D eigenvalue weighted by Gasteiger charge is 2.36. The maximum atomic E-state index is 12.0. The van der Waals surface area contributed by atoms with E-state index >= 15 is 0 Å². The smallest absolute Gasteiger partial charge is 0.258 e.